The van der Waals surface area contributed by atoms with Crippen LogP contribution in [0.15, 0.2) is 48.6 Å². The van der Waals surface area contributed by atoms with Gasteiger partial charge in [-0.1, -0.05) is 48.6 Å². The van der Waals surface area contributed by atoms with Gasteiger partial charge in [0, 0.05) is 0 Å². The molecule has 1 saturated carbocycles. The second-order valence-corrected chi connectivity index (χ2v) is 7.10. The lowest BCUT2D eigenvalue weighted by Crippen LogP contribution is -2.03. The minimum atomic E-state index is 0.701. The van der Waals surface area contributed by atoms with Gasteiger partial charge >= 0.3 is 0 Å². The van der Waals surface area contributed by atoms with Crippen molar-refractivity contribution in [2.24, 2.45) is 11.8 Å². The second-order valence-electron chi connectivity index (χ2n) is 7.10. The van der Waals surface area contributed by atoms with Crippen molar-refractivity contribution in [3.05, 3.63) is 70.8 Å². The van der Waals surface area contributed by atoms with Crippen LogP contribution < -0.4 is 0 Å². The van der Waals surface area contributed by atoms with Gasteiger partial charge in [0.25, 0.3) is 0 Å². The molecule has 1 fully saturated rings. The van der Waals surface area contributed by atoms with Gasteiger partial charge in [-0.3, -0.25) is 0 Å². The minimum Gasteiger partial charge on any atom is -0.0808 e. The molecule has 0 amide bonds. The lowest BCUT2D eigenvalue weighted by Gasteiger charge is -2.21. The van der Waals surface area contributed by atoms with E-state index < -0.39 is 0 Å². The Labute approximate surface area is 133 Å². The summed E-state index contributed by atoms with van der Waals surface area (Å²) in [6.45, 7) is 6.90. The number of benzene rings is 2. The van der Waals surface area contributed by atoms with Gasteiger partial charge in [0.15, 0.2) is 0 Å². The molecule has 2 atom stereocenters. The predicted molar refractivity (Wildman–Crippen MR) is 95.4 cm³/mol. The first kappa shape index (κ1) is 13.8. The van der Waals surface area contributed by atoms with Crippen molar-refractivity contribution in [2.75, 3.05) is 0 Å². The maximum absolute atomic E-state index is 2.42. The van der Waals surface area contributed by atoms with Crippen molar-refractivity contribution < 1.29 is 0 Å². The highest BCUT2D eigenvalue weighted by atomic mass is 14.4. The summed E-state index contributed by atoms with van der Waals surface area (Å²) in [5.41, 5.74) is 6.07. The number of allylic oxidation sites excluding steroid dienone is 4. The molecule has 0 radical (unpaired) electrons. The first-order valence-corrected chi connectivity index (χ1v) is 8.50. The molecule has 0 aromatic heterocycles. The molecule has 2 unspecified atom stereocenters. The summed E-state index contributed by atoms with van der Waals surface area (Å²) < 4.78 is 0. The van der Waals surface area contributed by atoms with Gasteiger partial charge in [-0.15, -0.1) is 0 Å². The van der Waals surface area contributed by atoms with E-state index in [9.17, 15) is 0 Å². The largest absolute Gasteiger partial charge is 0.0808 e. The highest BCUT2D eigenvalue weighted by molar-refractivity contribution is 5.91. The molecule has 0 heterocycles. The smallest absolute Gasteiger partial charge is 0.0141 e. The summed E-state index contributed by atoms with van der Waals surface area (Å²) in [6, 6.07) is 9.00. The fraction of sp³-hybridized carbons (Fsp3) is 0.364. The molecule has 2 aliphatic rings. The van der Waals surface area contributed by atoms with Crippen LogP contribution in [-0.4, -0.2) is 0 Å². The first-order chi connectivity index (χ1) is 10.7. The summed E-state index contributed by atoms with van der Waals surface area (Å²) in [5.74, 6) is 2.19. The maximum atomic E-state index is 2.42. The summed E-state index contributed by atoms with van der Waals surface area (Å²) in [7, 11) is 0. The summed E-state index contributed by atoms with van der Waals surface area (Å²) in [6.07, 6.45) is 11.9. The highest BCUT2D eigenvalue weighted by Gasteiger charge is 2.34. The zero-order valence-electron chi connectivity index (χ0n) is 13.8. The third kappa shape index (κ3) is 1.97. The van der Waals surface area contributed by atoms with Crippen LogP contribution in [0, 0.1) is 32.6 Å². The SMILES string of the molecule is Cc1c(C)c(C2CC3C=CC=CC3C2)c2ccccc2c1C. The highest BCUT2D eigenvalue weighted by Crippen LogP contribution is 2.48. The number of hydrogen-bond acceptors (Lipinski definition) is 0. The first-order valence-electron chi connectivity index (χ1n) is 8.50. The van der Waals surface area contributed by atoms with E-state index in [0.717, 1.165) is 11.8 Å². The average molecular weight is 288 g/mol. The lowest BCUT2D eigenvalue weighted by molar-refractivity contribution is 0.552. The van der Waals surface area contributed by atoms with E-state index in [1.165, 1.54) is 40.3 Å². The molecule has 0 aliphatic heterocycles. The third-order valence-corrected chi connectivity index (χ3v) is 6.05. The van der Waals surface area contributed by atoms with E-state index in [2.05, 4.69) is 69.3 Å². The molecular formula is C22H24. The molecule has 2 aliphatic carbocycles. The van der Waals surface area contributed by atoms with Crippen LogP contribution in [0.1, 0.15) is 41.0 Å². The monoisotopic (exact) mass is 288 g/mol. The Bertz CT molecular complexity index is 771. The van der Waals surface area contributed by atoms with Crippen LogP contribution >= 0.6 is 0 Å². The van der Waals surface area contributed by atoms with Gasteiger partial charge < -0.3 is 0 Å². The molecule has 22 heavy (non-hydrogen) atoms. The Morgan fingerprint density at radius 3 is 1.95 bits per heavy atom. The van der Waals surface area contributed by atoms with Crippen LogP contribution in [-0.2, 0) is 0 Å². The zero-order valence-corrected chi connectivity index (χ0v) is 13.8. The molecule has 0 spiro atoms. The molecular weight excluding hydrogens is 264 g/mol. The summed E-state index contributed by atoms with van der Waals surface area (Å²) >= 11 is 0. The number of hydrogen-bond donors (Lipinski definition) is 0. The van der Waals surface area contributed by atoms with E-state index in [4.69, 9.17) is 0 Å². The molecule has 112 valence electrons. The van der Waals surface area contributed by atoms with Crippen molar-refractivity contribution in [1.29, 1.82) is 0 Å². The lowest BCUT2D eigenvalue weighted by atomic mass is 9.83. The van der Waals surface area contributed by atoms with E-state index in [0.29, 0.717) is 5.92 Å². The molecule has 0 nitrogen and oxygen atoms in total. The van der Waals surface area contributed by atoms with Crippen molar-refractivity contribution in [1.82, 2.24) is 0 Å². The Morgan fingerprint density at radius 2 is 1.32 bits per heavy atom. The van der Waals surface area contributed by atoms with Gasteiger partial charge in [-0.2, -0.15) is 0 Å². The van der Waals surface area contributed by atoms with Crippen LogP contribution in [0.2, 0.25) is 0 Å². The molecule has 0 saturated heterocycles. The fourth-order valence-corrected chi connectivity index (χ4v) is 4.65. The van der Waals surface area contributed by atoms with Gasteiger partial charge in [0.05, 0.1) is 0 Å². The normalized spacial score (nSPS) is 26.6. The van der Waals surface area contributed by atoms with Gasteiger partial charge in [0.2, 0.25) is 0 Å². The minimum absolute atomic E-state index is 0.701. The van der Waals surface area contributed by atoms with Crippen molar-refractivity contribution in [3.8, 4) is 0 Å². The van der Waals surface area contributed by atoms with E-state index in [-0.39, 0.29) is 0 Å². The molecule has 0 N–H and O–H groups in total. The molecule has 0 heteroatoms. The third-order valence-electron chi connectivity index (χ3n) is 6.05. The predicted octanol–water partition coefficient (Wildman–Crippen LogP) is 6.00. The van der Waals surface area contributed by atoms with Crippen molar-refractivity contribution >= 4 is 10.8 Å². The summed E-state index contributed by atoms with van der Waals surface area (Å²) in [5, 5.41) is 2.93. The van der Waals surface area contributed by atoms with Crippen LogP contribution in [0.5, 0.6) is 0 Å². The second kappa shape index (κ2) is 5.12. The quantitative estimate of drug-likeness (QED) is 0.603. The van der Waals surface area contributed by atoms with E-state index in [1.807, 2.05) is 0 Å². The van der Waals surface area contributed by atoms with Crippen LogP contribution in [0.3, 0.4) is 0 Å². The molecule has 4 rings (SSSR count). The Balaban J connectivity index is 1.89. The van der Waals surface area contributed by atoms with Crippen molar-refractivity contribution in [2.45, 2.75) is 39.5 Å². The fourth-order valence-electron chi connectivity index (χ4n) is 4.65. The van der Waals surface area contributed by atoms with Gasteiger partial charge in [-0.05, 0) is 84.4 Å². The molecule has 2 aromatic rings. The standard InChI is InChI=1S/C22H24/c1-14-15(2)20-10-6-7-11-21(20)22(16(14)3)19-12-17-8-4-5-9-18(17)13-19/h4-11,17-19H,12-13H2,1-3H3. The Morgan fingerprint density at radius 1 is 0.727 bits per heavy atom. The van der Waals surface area contributed by atoms with Gasteiger partial charge in [-0.25, -0.2) is 0 Å². The topological polar surface area (TPSA) is 0 Å². The number of fused-ring (bicyclic) bond motifs is 2. The van der Waals surface area contributed by atoms with E-state index in [1.54, 1.807) is 5.56 Å². The van der Waals surface area contributed by atoms with Crippen LogP contribution in [0.4, 0.5) is 0 Å². The maximum Gasteiger partial charge on any atom is -0.0141 e. The summed E-state index contributed by atoms with van der Waals surface area (Å²) in [4.78, 5) is 0. The van der Waals surface area contributed by atoms with Gasteiger partial charge in [0.1, 0.15) is 0 Å². The Kier molecular flexibility index (Phi) is 3.22. The molecule has 2 aromatic carbocycles. The zero-order chi connectivity index (χ0) is 15.3. The Hall–Kier alpha value is -1.82. The van der Waals surface area contributed by atoms with E-state index >= 15 is 0 Å². The van der Waals surface area contributed by atoms with Crippen molar-refractivity contribution in [3.63, 3.8) is 0 Å². The number of aryl methyl sites for hydroxylation is 1. The van der Waals surface area contributed by atoms with Crippen LogP contribution in [0.25, 0.3) is 10.8 Å². The average Bonchev–Trinajstić information content (AvgIpc) is 2.96. The number of rotatable bonds is 1. The molecule has 0 bridgehead atoms.